The highest BCUT2D eigenvalue weighted by Crippen LogP contribution is 2.24. The Labute approximate surface area is 148 Å². The molecular weight excluding hydrogens is 318 g/mol. The van der Waals surface area contributed by atoms with Crippen LogP contribution in [0, 0.1) is 0 Å². The van der Waals surface area contributed by atoms with Crippen LogP contribution in [0.25, 0.3) is 0 Å². The topological polar surface area (TPSA) is 56.8 Å². The third-order valence-electron chi connectivity index (χ3n) is 3.31. The third-order valence-corrected chi connectivity index (χ3v) is 3.31. The van der Waals surface area contributed by atoms with Crippen molar-refractivity contribution in [3.63, 3.8) is 0 Å². The van der Waals surface area contributed by atoms with Crippen LogP contribution in [0.5, 0.6) is 11.5 Å². The fraction of sp³-hybridized carbons (Fsp3) is 0.350. The number of amides is 1. The molecule has 1 amide bonds. The smallest absolute Gasteiger partial charge is 0.255 e. The van der Waals surface area contributed by atoms with Gasteiger partial charge in [0.2, 0.25) is 0 Å². The van der Waals surface area contributed by atoms with E-state index in [1.807, 2.05) is 45.0 Å². The number of ether oxygens (including phenoxy) is 3. The molecule has 0 unspecified atom stereocenters. The van der Waals surface area contributed by atoms with Gasteiger partial charge in [0.1, 0.15) is 18.1 Å². The molecule has 0 saturated carbocycles. The number of carbonyl (C=O) groups excluding carboxylic acids is 1. The van der Waals surface area contributed by atoms with Crippen LogP contribution in [0.3, 0.4) is 0 Å². The van der Waals surface area contributed by atoms with Crippen LogP contribution >= 0.6 is 0 Å². The number of carbonyl (C=O) groups is 1. The Morgan fingerprint density at radius 2 is 1.76 bits per heavy atom. The van der Waals surface area contributed by atoms with Crippen molar-refractivity contribution in [2.45, 2.75) is 26.9 Å². The number of hydrogen-bond acceptors (Lipinski definition) is 4. The highest BCUT2D eigenvalue weighted by molar-refractivity contribution is 6.05. The van der Waals surface area contributed by atoms with Gasteiger partial charge in [-0.3, -0.25) is 4.79 Å². The molecule has 0 radical (unpaired) electrons. The Bertz CT molecular complexity index is 668. The highest BCUT2D eigenvalue weighted by atomic mass is 16.5. The van der Waals surface area contributed by atoms with Gasteiger partial charge in [0.25, 0.3) is 5.91 Å². The monoisotopic (exact) mass is 343 g/mol. The molecule has 5 heteroatoms. The van der Waals surface area contributed by atoms with E-state index in [1.165, 1.54) is 0 Å². The molecule has 0 fully saturated rings. The number of anilines is 1. The predicted octanol–water partition coefficient (Wildman–Crippen LogP) is 4.14. The largest absolute Gasteiger partial charge is 0.491 e. The minimum Gasteiger partial charge on any atom is -0.491 e. The fourth-order valence-electron chi connectivity index (χ4n) is 2.20. The van der Waals surface area contributed by atoms with Gasteiger partial charge in [0.05, 0.1) is 18.4 Å². The van der Waals surface area contributed by atoms with Crippen molar-refractivity contribution in [1.29, 1.82) is 0 Å². The Balaban J connectivity index is 2.00. The number of hydrogen-bond donors (Lipinski definition) is 1. The first kappa shape index (κ1) is 18.8. The van der Waals surface area contributed by atoms with Crippen LogP contribution < -0.4 is 14.8 Å². The van der Waals surface area contributed by atoms with Crippen LogP contribution in [-0.4, -0.2) is 31.8 Å². The summed E-state index contributed by atoms with van der Waals surface area (Å²) in [7, 11) is 0. The Hall–Kier alpha value is -2.53. The summed E-state index contributed by atoms with van der Waals surface area (Å²) in [4.78, 5) is 12.4. The van der Waals surface area contributed by atoms with Crippen molar-refractivity contribution in [3.05, 3.63) is 54.1 Å². The second-order valence-electron chi connectivity index (χ2n) is 5.69. The van der Waals surface area contributed by atoms with Gasteiger partial charge in [-0.05, 0) is 57.2 Å². The molecule has 25 heavy (non-hydrogen) atoms. The minimum atomic E-state index is -0.197. The van der Waals surface area contributed by atoms with Crippen LogP contribution in [0.4, 0.5) is 5.69 Å². The van der Waals surface area contributed by atoms with E-state index in [0.717, 1.165) is 5.75 Å². The lowest BCUT2D eigenvalue weighted by molar-refractivity contribution is 0.102. The Kier molecular flexibility index (Phi) is 7.29. The Morgan fingerprint density at radius 3 is 2.44 bits per heavy atom. The molecule has 0 spiro atoms. The van der Waals surface area contributed by atoms with E-state index in [9.17, 15) is 4.79 Å². The van der Waals surface area contributed by atoms with E-state index in [1.54, 1.807) is 24.3 Å². The summed E-state index contributed by atoms with van der Waals surface area (Å²) in [5, 5.41) is 2.88. The lowest BCUT2D eigenvalue weighted by Crippen LogP contribution is -2.14. The molecule has 5 nitrogen and oxygen atoms in total. The number of rotatable bonds is 9. The quantitative estimate of drug-likeness (QED) is 0.695. The zero-order valence-corrected chi connectivity index (χ0v) is 15.0. The predicted molar refractivity (Wildman–Crippen MR) is 98.6 cm³/mol. The molecule has 2 rings (SSSR count). The summed E-state index contributed by atoms with van der Waals surface area (Å²) in [6.45, 7) is 7.45. The zero-order valence-electron chi connectivity index (χ0n) is 15.0. The standard InChI is InChI=1S/C20H25NO4/c1-4-23-13-14-24-19-8-6-5-7-18(19)21-20(22)16-9-11-17(12-10-16)25-15(2)3/h5-12,15H,4,13-14H2,1-3H3,(H,21,22). The maximum atomic E-state index is 12.4. The first-order valence-electron chi connectivity index (χ1n) is 8.47. The first-order chi connectivity index (χ1) is 12.1. The van der Waals surface area contributed by atoms with Crippen LogP contribution in [-0.2, 0) is 4.74 Å². The molecule has 0 aliphatic heterocycles. The molecule has 0 aliphatic carbocycles. The van der Waals surface area contributed by atoms with Gasteiger partial charge < -0.3 is 19.5 Å². The summed E-state index contributed by atoms with van der Waals surface area (Å²) < 4.78 is 16.5. The van der Waals surface area contributed by atoms with Gasteiger partial charge in [0, 0.05) is 12.2 Å². The van der Waals surface area contributed by atoms with Crippen molar-refractivity contribution in [1.82, 2.24) is 0 Å². The van der Waals surface area contributed by atoms with E-state index < -0.39 is 0 Å². The molecule has 1 N–H and O–H groups in total. The summed E-state index contributed by atoms with van der Waals surface area (Å²) in [5.41, 5.74) is 1.19. The second kappa shape index (κ2) is 9.69. The average molecular weight is 343 g/mol. The van der Waals surface area contributed by atoms with Crippen LogP contribution in [0.1, 0.15) is 31.1 Å². The maximum absolute atomic E-state index is 12.4. The molecule has 2 aromatic carbocycles. The zero-order chi connectivity index (χ0) is 18.1. The molecule has 0 saturated heterocycles. The third kappa shape index (κ3) is 6.12. The van der Waals surface area contributed by atoms with E-state index in [4.69, 9.17) is 14.2 Å². The number of benzene rings is 2. The lowest BCUT2D eigenvalue weighted by Gasteiger charge is -2.13. The van der Waals surface area contributed by atoms with Crippen LogP contribution in [0.15, 0.2) is 48.5 Å². The minimum absolute atomic E-state index is 0.0976. The summed E-state index contributed by atoms with van der Waals surface area (Å²) >= 11 is 0. The number of nitrogens with one attached hydrogen (secondary N) is 1. The van der Waals surface area contributed by atoms with Gasteiger partial charge >= 0.3 is 0 Å². The maximum Gasteiger partial charge on any atom is 0.255 e. The van der Waals surface area contributed by atoms with Gasteiger partial charge in [-0.1, -0.05) is 12.1 Å². The highest BCUT2D eigenvalue weighted by Gasteiger charge is 2.10. The molecule has 0 aliphatic rings. The van der Waals surface area contributed by atoms with E-state index in [-0.39, 0.29) is 12.0 Å². The van der Waals surface area contributed by atoms with Crippen molar-refractivity contribution < 1.29 is 19.0 Å². The second-order valence-corrected chi connectivity index (χ2v) is 5.69. The Morgan fingerprint density at radius 1 is 1.04 bits per heavy atom. The molecule has 0 atom stereocenters. The molecular formula is C20H25NO4. The van der Waals surface area contributed by atoms with E-state index in [2.05, 4.69) is 5.32 Å². The molecule has 134 valence electrons. The molecule has 0 bridgehead atoms. The summed E-state index contributed by atoms with van der Waals surface area (Å²) in [6.07, 6.45) is 0.0976. The van der Waals surface area contributed by atoms with Crippen molar-refractivity contribution in [3.8, 4) is 11.5 Å². The lowest BCUT2D eigenvalue weighted by atomic mass is 10.2. The SMILES string of the molecule is CCOCCOc1ccccc1NC(=O)c1ccc(OC(C)C)cc1. The normalized spacial score (nSPS) is 10.6. The van der Waals surface area contributed by atoms with Gasteiger partial charge in [-0.2, -0.15) is 0 Å². The van der Waals surface area contributed by atoms with Crippen molar-refractivity contribution >= 4 is 11.6 Å². The summed E-state index contributed by atoms with van der Waals surface area (Å²) in [6, 6.07) is 14.4. The van der Waals surface area contributed by atoms with E-state index in [0.29, 0.717) is 36.8 Å². The molecule has 2 aromatic rings. The van der Waals surface area contributed by atoms with Gasteiger partial charge in [-0.15, -0.1) is 0 Å². The summed E-state index contributed by atoms with van der Waals surface area (Å²) in [5.74, 6) is 1.17. The van der Waals surface area contributed by atoms with E-state index >= 15 is 0 Å². The molecule has 0 aromatic heterocycles. The first-order valence-corrected chi connectivity index (χ1v) is 8.47. The van der Waals surface area contributed by atoms with Gasteiger partial charge in [0.15, 0.2) is 0 Å². The van der Waals surface area contributed by atoms with Gasteiger partial charge in [-0.25, -0.2) is 0 Å². The average Bonchev–Trinajstić information content (AvgIpc) is 2.60. The fourth-order valence-corrected chi connectivity index (χ4v) is 2.20. The van der Waals surface area contributed by atoms with Crippen molar-refractivity contribution in [2.24, 2.45) is 0 Å². The number of para-hydroxylation sites is 2. The van der Waals surface area contributed by atoms with Crippen LogP contribution in [0.2, 0.25) is 0 Å². The van der Waals surface area contributed by atoms with Crippen molar-refractivity contribution in [2.75, 3.05) is 25.1 Å². The molecule has 0 heterocycles.